The molecule has 0 aromatic carbocycles. The summed E-state index contributed by atoms with van der Waals surface area (Å²) in [5, 5.41) is 0. The lowest BCUT2D eigenvalue weighted by atomic mass is 10.2. The molecular formula is C9H12N2O2. The van der Waals surface area contributed by atoms with Crippen molar-refractivity contribution < 1.29 is 9.47 Å². The van der Waals surface area contributed by atoms with Gasteiger partial charge in [-0.2, -0.15) is 0 Å². The zero-order valence-corrected chi connectivity index (χ0v) is 7.56. The van der Waals surface area contributed by atoms with Crippen LogP contribution in [0.5, 0.6) is 5.88 Å². The van der Waals surface area contributed by atoms with Crippen molar-refractivity contribution in [1.82, 2.24) is 9.97 Å². The van der Waals surface area contributed by atoms with Gasteiger partial charge in [0.25, 0.3) is 0 Å². The van der Waals surface area contributed by atoms with Crippen LogP contribution in [-0.4, -0.2) is 29.3 Å². The van der Waals surface area contributed by atoms with E-state index in [2.05, 4.69) is 9.97 Å². The van der Waals surface area contributed by atoms with Crippen LogP contribution in [0.1, 0.15) is 12.1 Å². The van der Waals surface area contributed by atoms with E-state index in [-0.39, 0.29) is 6.10 Å². The second-order valence-corrected chi connectivity index (χ2v) is 3.04. The van der Waals surface area contributed by atoms with Crippen LogP contribution >= 0.6 is 0 Å². The highest BCUT2D eigenvalue weighted by Gasteiger charge is 2.19. The first-order valence-electron chi connectivity index (χ1n) is 4.38. The molecule has 1 unspecified atom stereocenters. The summed E-state index contributed by atoms with van der Waals surface area (Å²) < 4.78 is 10.7. The van der Waals surface area contributed by atoms with Crippen LogP contribution in [0.15, 0.2) is 12.4 Å². The van der Waals surface area contributed by atoms with E-state index < -0.39 is 0 Å². The standard InChI is InChI=1S/C9H12N2O2/c1-7-9(11-4-3-10-7)13-6-8-2-5-12-8/h3-4,8H,2,5-6H2,1H3. The van der Waals surface area contributed by atoms with Gasteiger partial charge in [0.2, 0.25) is 5.88 Å². The number of rotatable bonds is 3. The molecule has 1 saturated heterocycles. The minimum absolute atomic E-state index is 0.251. The summed E-state index contributed by atoms with van der Waals surface area (Å²) in [4.78, 5) is 8.14. The third-order valence-electron chi connectivity index (χ3n) is 2.04. The van der Waals surface area contributed by atoms with E-state index in [4.69, 9.17) is 9.47 Å². The van der Waals surface area contributed by atoms with Crippen LogP contribution < -0.4 is 4.74 Å². The molecule has 0 saturated carbocycles. The third-order valence-corrected chi connectivity index (χ3v) is 2.04. The summed E-state index contributed by atoms with van der Waals surface area (Å²) in [5.74, 6) is 0.609. The first kappa shape index (κ1) is 8.44. The fourth-order valence-electron chi connectivity index (χ4n) is 1.12. The van der Waals surface area contributed by atoms with Crippen molar-refractivity contribution in [3.05, 3.63) is 18.1 Å². The van der Waals surface area contributed by atoms with E-state index in [0.717, 1.165) is 18.7 Å². The van der Waals surface area contributed by atoms with E-state index in [1.807, 2.05) is 6.92 Å². The van der Waals surface area contributed by atoms with Crippen LogP contribution in [0.4, 0.5) is 0 Å². The lowest BCUT2D eigenvalue weighted by Crippen LogP contribution is -2.32. The van der Waals surface area contributed by atoms with Gasteiger partial charge in [-0.15, -0.1) is 0 Å². The van der Waals surface area contributed by atoms with Crippen molar-refractivity contribution in [3.63, 3.8) is 0 Å². The van der Waals surface area contributed by atoms with Gasteiger partial charge in [-0.1, -0.05) is 0 Å². The molecule has 4 nitrogen and oxygen atoms in total. The first-order valence-corrected chi connectivity index (χ1v) is 4.38. The van der Waals surface area contributed by atoms with E-state index in [1.165, 1.54) is 0 Å². The number of hydrogen-bond acceptors (Lipinski definition) is 4. The van der Waals surface area contributed by atoms with Gasteiger partial charge in [-0.05, 0) is 6.92 Å². The number of ether oxygens (including phenoxy) is 2. The molecule has 4 heteroatoms. The summed E-state index contributed by atoms with van der Waals surface area (Å²) in [5.41, 5.74) is 0.821. The second kappa shape index (κ2) is 3.70. The smallest absolute Gasteiger partial charge is 0.235 e. The van der Waals surface area contributed by atoms with Crippen LogP contribution in [0.25, 0.3) is 0 Å². The molecule has 13 heavy (non-hydrogen) atoms. The summed E-state index contributed by atoms with van der Waals surface area (Å²) in [6.45, 7) is 3.32. The fourth-order valence-corrected chi connectivity index (χ4v) is 1.12. The number of aryl methyl sites for hydroxylation is 1. The SMILES string of the molecule is Cc1nccnc1OCC1CCO1. The Morgan fingerprint density at radius 3 is 2.92 bits per heavy atom. The van der Waals surface area contributed by atoms with Crippen molar-refractivity contribution in [2.75, 3.05) is 13.2 Å². The van der Waals surface area contributed by atoms with Gasteiger partial charge in [-0.25, -0.2) is 4.98 Å². The number of aromatic nitrogens is 2. The molecule has 1 aliphatic rings. The van der Waals surface area contributed by atoms with Gasteiger partial charge < -0.3 is 9.47 Å². The quantitative estimate of drug-likeness (QED) is 0.694. The molecule has 70 valence electrons. The van der Waals surface area contributed by atoms with Gasteiger partial charge in [0.1, 0.15) is 6.61 Å². The Morgan fingerprint density at radius 2 is 2.31 bits per heavy atom. The highest BCUT2D eigenvalue weighted by Crippen LogP contribution is 2.14. The second-order valence-electron chi connectivity index (χ2n) is 3.04. The Balaban J connectivity index is 1.89. The van der Waals surface area contributed by atoms with Gasteiger partial charge in [-0.3, -0.25) is 4.98 Å². The maximum absolute atomic E-state index is 5.44. The molecular weight excluding hydrogens is 168 g/mol. The molecule has 0 amide bonds. The van der Waals surface area contributed by atoms with Crippen LogP contribution in [0, 0.1) is 6.92 Å². The highest BCUT2D eigenvalue weighted by atomic mass is 16.5. The maximum Gasteiger partial charge on any atom is 0.235 e. The predicted molar refractivity (Wildman–Crippen MR) is 46.6 cm³/mol. The van der Waals surface area contributed by atoms with E-state index >= 15 is 0 Å². The van der Waals surface area contributed by atoms with Crippen LogP contribution in [0.2, 0.25) is 0 Å². The molecule has 2 rings (SSSR count). The number of nitrogens with zero attached hydrogens (tertiary/aromatic N) is 2. The Labute approximate surface area is 76.9 Å². The Morgan fingerprint density at radius 1 is 1.54 bits per heavy atom. The minimum atomic E-state index is 0.251. The van der Waals surface area contributed by atoms with Gasteiger partial charge in [0.05, 0.1) is 11.8 Å². The van der Waals surface area contributed by atoms with Crippen molar-refractivity contribution in [1.29, 1.82) is 0 Å². The third kappa shape index (κ3) is 1.95. The van der Waals surface area contributed by atoms with E-state index in [0.29, 0.717) is 12.5 Å². The van der Waals surface area contributed by atoms with E-state index in [9.17, 15) is 0 Å². The highest BCUT2D eigenvalue weighted by molar-refractivity contribution is 5.14. The van der Waals surface area contributed by atoms with Crippen molar-refractivity contribution in [2.45, 2.75) is 19.4 Å². The summed E-state index contributed by atoms with van der Waals surface area (Å²) in [7, 11) is 0. The Hall–Kier alpha value is -1.16. The molecule has 1 atom stereocenters. The molecule has 1 aromatic rings. The van der Waals surface area contributed by atoms with Gasteiger partial charge in [0, 0.05) is 25.4 Å². The summed E-state index contributed by atoms with van der Waals surface area (Å²) in [6.07, 6.45) is 4.62. The topological polar surface area (TPSA) is 44.2 Å². The maximum atomic E-state index is 5.44. The lowest BCUT2D eigenvalue weighted by Gasteiger charge is -2.25. The molecule has 1 aliphatic heterocycles. The predicted octanol–water partition coefficient (Wildman–Crippen LogP) is 0.953. The monoisotopic (exact) mass is 180 g/mol. The van der Waals surface area contributed by atoms with Crippen LogP contribution in [0.3, 0.4) is 0 Å². The molecule has 0 spiro atoms. The van der Waals surface area contributed by atoms with Crippen LogP contribution in [-0.2, 0) is 4.74 Å². The lowest BCUT2D eigenvalue weighted by molar-refractivity contribution is -0.0728. The van der Waals surface area contributed by atoms with E-state index in [1.54, 1.807) is 12.4 Å². The summed E-state index contributed by atoms with van der Waals surface area (Å²) >= 11 is 0. The zero-order chi connectivity index (χ0) is 9.10. The van der Waals surface area contributed by atoms with Crippen molar-refractivity contribution in [3.8, 4) is 5.88 Å². The van der Waals surface area contributed by atoms with Crippen molar-refractivity contribution in [2.24, 2.45) is 0 Å². The molecule has 0 bridgehead atoms. The summed E-state index contributed by atoms with van der Waals surface area (Å²) in [6, 6.07) is 0. The zero-order valence-electron chi connectivity index (χ0n) is 7.56. The fraction of sp³-hybridized carbons (Fsp3) is 0.556. The average Bonchev–Trinajstić information content (AvgIpc) is 2.05. The molecule has 0 radical (unpaired) electrons. The Bertz CT molecular complexity index is 287. The average molecular weight is 180 g/mol. The largest absolute Gasteiger partial charge is 0.474 e. The molecule has 1 fully saturated rings. The van der Waals surface area contributed by atoms with Gasteiger partial charge in [0.15, 0.2) is 0 Å². The molecule has 0 N–H and O–H groups in total. The first-order chi connectivity index (χ1) is 6.36. The minimum Gasteiger partial charge on any atom is -0.474 e. The molecule has 1 aromatic heterocycles. The van der Waals surface area contributed by atoms with Gasteiger partial charge >= 0.3 is 0 Å². The molecule has 0 aliphatic carbocycles. The number of hydrogen-bond donors (Lipinski definition) is 0. The molecule has 2 heterocycles. The normalized spacial score (nSPS) is 20.8. The van der Waals surface area contributed by atoms with Crippen molar-refractivity contribution >= 4 is 0 Å². The Kier molecular flexibility index (Phi) is 2.40.